The Kier molecular flexibility index (Phi) is 6.43. The van der Waals surface area contributed by atoms with E-state index in [1.165, 1.54) is 30.9 Å². The van der Waals surface area contributed by atoms with Crippen LogP contribution >= 0.6 is 0 Å². The van der Waals surface area contributed by atoms with Crippen LogP contribution in [0.15, 0.2) is 41.5 Å². The van der Waals surface area contributed by atoms with Crippen LogP contribution in [0.4, 0.5) is 5.82 Å². The summed E-state index contributed by atoms with van der Waals surface area (Å²) in [6.07, 6.45) is 5.22. The van der Waals surface area contributed by atoms with Gasteiger partial charge in [0.25, 0.3) is 0 Å². The second-order valence-corrected chi connectivity index (χ2v) is 8.64. The first-order chi connectivity index (χ1) is 16.6. The fourth-order valence-electron chi connectivity index (χ4n) is 4.27. The summed E-state index contributed by atoms with van der Waals surface area (Å²) in [6, 6.07) is 7.31. The number of benzene rings is 1. The van der Waals surface area contributed by atoms with Crippen LogP contribution in [0.1, 0.15) is 55.6 Å². The van der Waals surface area contributed by atoms with Crippen molar-refractivity contribution < 1.29 is 19.1 Å². The number of amides is 2. The van der Waals surface area contributed by atoms with Crippen molar-refractivity contribution in [2.24, 2.45) is 0 Å². The van der Waals surface area contributed by atoms with Gasteiger partial charge in [-0.05, 0) is 56.0 Å². The molecule has 0 aliphatic heterocycles. The van der Waals surface area contributed by atoms with Crippen molar-refractivity contribution in [1.82, 2.24) is 14.6 Å². The third kappa shape index (κ3) is 4.41. The van der Waals surface area contributed by atoms with Crippen LogP contribution < -0.4 is 10.4 Å². The summed E-state index contributed by atoms with van der Waals surface area (Å²) in [4.78, 5) is 53.9. The zero-order valence-electron chi connectivity index (χ0n) is 20.5. The molecule has 0 unspecified atom stereocenters. The number of ether oxygens (including phenoxy) is 1. The molecule has 0 saturated heterocycles. The molecule has 0 bridgehead atoms. The quantitative estimate of drug-likeness (QED) is 0.412. The van der Waals surface area contributed by atoms with Gasteiger partial charge in [-0.2, -0.15) is 0 Å². The number of hydrazine groups is 1. The summed E-state index contributed by atoms with van der Waals surface area (Å²) >= 11 is 0. The predicted octanol–water partition coefficient (Wildman–Crippen LogP) is 3.63. The van der Waals surface area contributed by atoms with Gasteiger partial charge in [-0.3, -0.25) is 14.4 Å². The largest absolute Gasteiger partial charge is 0.462 e. The first-order valence-corrected chi connectivity index (χ1v) is 11.5. The molecule has 3 aromatic rings. The molecular weight excluding hydrogens is 448 g/mol. The van der Waals surface area contributed by atoms with Crippen LogP contribution in [0.2, 0.25) is 0 Å². The summed E-state index contributed by atoms with van der Waals surface area (Å²) in [5.41, 5.74) is 3.05. The first-order valence-electron chi connectivity index (χ1n) is 11.5. The van der Waals surface area contributed by atoms with E-state index in [1.807, 2.05) is 23.6 Å². The highest BCUT2D eigenvalue weighted by atomic mass is 16.5. The highest BCUT2D eigenvalue weighted by Gasteiger charge is 2.28. The van der Waals surface area contributed by atoms with Crippen molar-refractivity contribution in [1.29, 1.82) is 0 Å². The number of pyridine rings is 2. The van der Waals surface area contributed by atoms with Crippen molar-refractivity contribution in [2.45, 2.75) is 46.6 Å². The number of carbonyl (C=O) groups excluding carboxylic acids is 3. The van der Waals surface area contributed by atoms with Gasteiger partial charge in [0.05, 0.1) is 12.1 Å². The molecule has 1 aliphatic carbocycles. The van der Waals surface area contributed by atoms with Crippen LogP contribution in [0.3, 0.4) is 0 Å². The van der Waals surface area contributed by atoms with Crippen LogP contribution in [0.5, 0.6) is 0 Å². The molecule has 1 aliphatic rings. The third-order valence-electron chi connectivity index (χ3n) is 6.21. The number of esters is 1. The lowest BCUT2D eigenvalue weighted by Crippen LogP contribution is -2.46. The van der Waals surface area contributed by atoms with Gasteiger partial charge in [0.2, 0.25) is 17.2 Å². The number of nitrogens with zero attached hydrogens (tertiary/aromatic N) is 4. The second-order valence-electron chi connectivity index (χ2n) is 8.64. The molecule has 1 aromatic carbocycles. The molecule has 9 heteroatoms. The Morgan fingerprint density at radius 1 is 1.11 bits per heavy atom. The Morgan fingerprint density at radius 3 is 2.37 bits per heavy atom. The highest BCUT2D eigenvalue weighted by molar-refractivity contribution is 5.97. The van der Waals surface area contributed by atoms with Crippen molar-refractivity contribution in [3.63, 3.8) is 0 Å². The summed E-state index contributed by atoms with van der Waals surface area (Å²) in [6.45, 7) is 6.59. The smallest absolute Gasteiger partial charge is 0.343 e. The Morgan fingerprint density at radius 2 is 1.83 bits per heavy atom. The molecule has 4 rings (SSSR count). The van der Waals surface area contributed by atoms with Crippen LogP contribution in [-0.2, 0) is 14.3 Å². The highest BCUT2D eigenvalue weighted by Crippen LogP contribution is 2.39. The topological polar surface area (TPSA) is 102 Å². The van der Waals surface area contributed by atoms with Crippen molar-refractivity contribution in [3.05, 3.63) is 58.0 Å². The average molecular weight is 477 g/mol. The fraction of sp³-hybridized carbons (Fsp3) is 0.346. The molecular formula is C26H28N4O5. The number of aromatic nitrogens is 2. The summed E-state index contributed by atoms with van der Waals surface area (Å²) < 4.78 is 7.12. The normalized spacial score (nSPS) is 12.9. The minimum atomic E-state index is -0.610. The van der Waals surface area contributed by atoms with E-state index in [1.54, 1.807) is 31.5 Å². The van der Waals surface area contributed by atoms with E-state index in [9.17, 15) is 19.2 Å². The zero-order chi connectivity index (χ0) is 25.4. The Balaban J connectivity index is 1.82. The first kappa shape index (κ1) is 24.1. The SMILES string of the molecule is CCOC(=O)c1cn(C2CC2)c2c(C)c(-c3ccc(N(C(C)=O)N(C)C(C)=O)nc3)ccc2c1=O. The zero-order valence-corrected chi connectivity index (χ0v) is 20.5. The maximum absolute atomic E-state index is 13.1. The molecule has 182 valence electrons. The standard InChI is InChI=1S/C26H28N4O5/c1-6-35-26(34)22-14-29(19-8-9-19)24-15(2)20(10-11-21(24)25(22)33)18-7-12-23(27-13-18)30(17(4)32)28(5)16(3)31/h7,10-14,19H,6,8-9H2,1-5H3. The van der Waals surface area contributed by atoms with Crippen LogP contribution in [0, 0.1) is 6.92 Å². The lowest BCUT2D eigenvalue weighted by atomic mass is 9.97. The molecule has 35 heavy (non-hydrogen) atoms. The molecule has 1 fully saturated rings. The van der Waals surface area contributed by atoms with Crippen LogP contribution in [-0.4, -0.2) is 46.0 Å². The minimum Gasteiger partial charge on any atom is -0.462 e. The van der Waals surface area contributed by atoms with E-state index >= 15 is 0 Å². The molecule has 0 atom stereocenters. The lowest BCUT2D eigenvalue weighted by Gasteiger charge is -2.29. The van der Waals surface area contributed by atoms with E-state index in [2.05, 4.69) is 4.98 Å². The van der Waals surface area contributed by atoms with Crippen molar-refractivity contribution in [2.75, 3.05) is 18.7 Å². The molecule has 0 spiro atoms. The number of carbonyl (C=O) groups is 3. The van der Waals surface area contributed by atoms with Gasteiger partial charge in [-0.25, -0.2) is 19.8 Å². The average Bonchev–Trinajstić information content (AvgIpc) is 3.65. The maximum atomic E-state index is 13.1. The van der Waals surface area contributed by atoms with E-state index in [-0.39, 0.29) is 35.5 Å². The summed E-state index contributed by atoms with van der Waals surface area (Å²) in [5, 5.41) is 2.89. The molecule has 0 N–H and O–H groups in total. The summed E-state index contributed by atoms with van der Waals surface area (Å²) in [7, 11) is 1.51. The van der Waals surface area contributed by atoms with E-state index in [0.717, 1.165) is 35.0 Å². The summed E-state index contributed by atoms with van der Waals surface area (Å²) in [5.74, 6) is -0.917. The van der Waals surface area contributed by atoms with E-state index in [4.69, 9.17) is 4.74 Å². The predicted molar refractivity (Wildman–Crippen MR) is 132 cm³/mol. The second kappa shape index (κ2) is 9.32. The van der Waals surface area contributed by atoms with Crippen LogP contribution in [0.25, 0.3) is 22.0 Å². The Bertz CT molecular complexity index is 1390. The van der Waals surface area contributed by atoms with Gasteiger partial charge in [0, 0.05) is 50.3 Å². The molecule has 2 heterocycles. The number of aryl methyl sites for hydroxylation is 1. The Hall–Kier alpha value is -4.01. The van der Waals surface area contributed by atoms with Gasteiger partial charge >= 0.3 is 5.97 Å². The monoisotopic (exact) mass is 476 g/mol. The number of hydrogen-bond acceptors (Lipinski definition) is 6. The third-order valence-corrected chi connectivity index (χ3v) is 6.21. The Labute approximate surface area is 202 Å². The molecule has 0 radical (unpaired) electrons. The van der Waals surface area contributed by atoms with Gasteiger partial charge < -0.3 is 9.30 Å². The molecule has 2 aromatic heterocycles. The van der Waals surface area contributed by atoms with Gasteiger partial charge in [0.1, 0.15) is 5.56 Å². The number of anilines is 1. The number of fused-ring (bicyclic) bond motifs is 1. The minimum absolute atomic E-state index is 0.0448. The van der Waals surface area contributed by atoms with Gasteiger partial charge in [-0.1, -0.05) is 6.07 Å². The van der Waals surface area contributed by atoms with Gasteiger partial charge in [-0.15, -0.1) is 0 Å². The van der Waals surface area contributed by atoms with E-state index in [0.29, 0.717) is 11.2 Å². The number of hydrogen-bond donors (Lipinski definition) is 0. The molecule has 1 saturated carbocycles. The molecule has 9 nitrogen and oxygen atoms in total. The van der Waals surface area contributed by atoms with Gasteiger partial charge in [0.15, 0.2) is 5.82 Å². The van der Waals surface area contributed by atoms with E-state index < -0.39 is 5.97 Å². The van der Waals surface area contributed by atoms with Crippen molar-refractivity contribution in [3.8, 4) is 11.1 Å². The lowest BCUT2D eigenvalue weighted by molar-refractivity contribution is -0.133. The molecule has 2 amide bonds. The van der Waals surface area contributed by atoms with Crippen molar-refractivity contribution >= 4 is 34.5 Å². The maximum Gasteiger partial charge on any atom is 0.343 e. The number of rotatable bonds is 5. The fourth-order valence-corrected chi connectivity index (χ4v) is 4.27.